The molecule has 0 amide bonds. The summed E-state index contributed by atoms with van der Waals surface area (Å²) in [6.45, 7) is 4.38. The quantitative estimate of drug-likeness (QED) is 0.866. The van der Waals surface area contributed by atoms with Gasteiger partial charge in [0.05, 0.1) is 6.10 Å². The number of aliphatic hydroxyl groups excluding tert-OH is 1. The highest BCUT2D eigenvalue weighted by Gasteiger charge is 2.08. The summed E-state index contributed by atoms with van der Waals surface area (Å²) >= 11 is 5.12. The van der Waals surface area contributed by atoms with Crippen LogP contribution in [0, 0.1) is 5.92 Å². The van der Waals surface area contributed by atoms with Crippen LogP contribution in [-0.4, -0.2) is 11.2 Å². The molecule has 3 heteroatoms. The third-order valence-corrected chi connectivity index (χ3v) is 3.86. The van der Waals surface area contributed by atoms with Gasteiger partial charge in [0.2, 0.25) is 0 Å². The van der Waals surface area contributed by atoms with Crippen LogP contribution in [0.3, 0.4) is 0 Å². The highest BCUT2D eigenvalue weighted by Crippen LogP contribution is 2.22. The molecule has 1 nitrogen and oxygen atoms in total. The molecule has 0 aliphatic carbocycles. The first-order chi connectivity index (χ1) is 6.58. The Kier molecular flexibility index (Phi) is 5.13. The van der Waals surface area contributed by atoms with Crippen molar-refractivity contribution >= 4 is 27.3 Å². The van der Waals surface area contributed by atoms with Crippen LogP contribution in [0.25, 0.3) is 0 Å². The maximum atomic E-state index is 9.75. The Labute approximate surface area is 98.3 Å². The van der Waals surface area contributed by atoms with Gasteiger partial charge in [0.15, 0.2) is 0 Å². The number of halogens is 1. The fourth-order valence-electron chi connectivity index (χ4n) is 1.32. The lowest BCUT2D eigenvalue weighted by molar-refractivity contribution is 0.158. The molecular weight excluding hydrogens is 260 g/mol. The average molecular weight is 277 g/mol. The Balaban J connectivity index is 2.30. The molecule has 1 heterocycles. The first-order valence-electron chi connectivity index (χ1n) is 4.99. The van der Waals surface area contributed by atoms with E-state index in [0.29, 0.717) is 5.92 Å². The van der Waals surface area contributed by atoms with E-state index in [9.17, 15) is 5.11 Å². The molecule has 0 saturated carbocycles. The summed E-state index contributed by atoms with van der Waals surface area (Å²) in [6.07, 6.45) is 2.63. The molecular formula is C11H17BrOS. The van der Waals surface area contributed by atoms with Gasteiger partial charge >= 0.3 is 0 Å². The van der Waals surface area contributed by atoms with Gasteiger partial charge in [-0.2, -0.15) is 0 Å². The number of thiophene rings is 1. The van der Waals surface area contributed by atoms with Crippen molar-refractivity contribution in [3.05, 3.63) is 20.8 Å². The first-order valence-corrected chi connectivity index (χ1v) is 6.66. The molecule has 1 atom stereocenters. The van der Waals surface area contributed by atoms with Gasteiger partial charge in [-0.1, -0.05) is 13.8 Å². The zero-order chi connectivity index (χ0) is 10.6. The van der Waals surface area contributed by atoms with Crippen LogP contribution in [-0.2, 0) is 6.42 Å². The third kappa shape index (κ3) is 4.58. The highest BCUT2D eigenvalue weighted by molar-refractivity contribution is 9.10. The molecule has 1 rings (SSSR count). The van der Waals surface area contributed by atoms with E-state index in [-0.39, 0.29) is 6.10 Å². The van der Waals surface area contributed by atoms with Crippen LogP contribution in [0.1, 0.15) is 31.6 Å². The Bertz CT molecular complexity index is 270. The van der Waals surface area contributed by atoms with E-state index in [1.54, 1.807) is 11.3 Å². The molecule has 0 aliphatic rings. The number of aliphatic hydroxyl groups is 1. The minimum atomic E-state index is -0.178. The second-order valence-electron chi connectivity index (χ2n) is 4.06. The van der Waals surface area contributed by atoms with Gasteiger partial charge in [0, 0.05) is 21.2 Å². The van der Waals surface area contributed by atoms with Crippen molar-refractivity contribution in [2.24, 2.45) is 5.92 Å². The maximum absolute atomic E-state index is 9.75. The summed E-state index contributed by atoms with van der Waals surface area (Å²) in [5.41, 5.74) is 0. The van der Waals surface area contributed by atoms with Crippen molar-refractivity contribution in [1.82, 2.24) is 0 Å². The van der Waals surface area contributed by atoms with Crippen LogP contribution in [0.2, 0.25) is 0 Å². The van der Waals surface area contributed by atoms with Crippen molar-refractivity contribution in [3.63, 3.8) is 0 Å². The molecule has 0 fully saturated rings. The number of hydrogen-bond acceptors (Lipinski definition) is 2. The van der Waals surface area contributed by atoms with E-state index in [2.05, 4.69) is 41.2 Å². The minimum absolute atomic E-state index is 0.178. The topological polar surface area (TPSA) is 20.2 Å². The van der Waals surface area contributed by atoms with Crippen molar-refractivity contribution in [3.8, 4) is 0 Å². The standard InChI is InChI=1S/C11H17BrOS/c1-8(2)3-4-10(13)6-11-5-9(12)7-14-11/h5,7-8,10,13H,3-4,6H2,1-2H3. The van der Waals surface area contributed by atoms with Crippen LogP contribution in [0.15, 0.2) is 15.9 Å². The van der Waals surface area contributed by atoms with E-state index >= 15 is 0 Å². The fourth-order valence-corrected chi connectivity index (χ4v) is 2.84. The van der Waals surface area contributed by atoms with Crippen LogP contribution < -0.4 is 0 Å². The molecule has 0 saturated heterocycles. The summed E-state index contributed by atoms with van der Waals surface area (Å²) in [5.74, 6) is 0.680. The van der Waals surface area contributed by atoms with Gasteiger partial charge < -0.3 is 5.11 Å². The lowest BCUT2D eigenvalue weighted by Gasteiger charge is -2.10. The Morgan fingerprint density at radius 3 is 2.64 bits per heavy atom. The zero-order valence-corrected chi connectivity index (χ0v) is 11.1. The second-order valence-corrected chi connectivity index (χ2v) is 5.97. The van der Waals surface area contributed by atoms with Crippen molar-refractivity contribution < 1.29 is 5.11 Å². The van der Waals surface area contributed by atoms with Crippen molar-refractivity contribution in [1.29, 1.82) is 0 Å². The van der Waals surface area contributed by atoms with E-state index in [1.807, 2.05) is 0 Å². The van der Waals surface area contributed by atoms with Crippen LogP contribution in [0.5, 0.6) is 0 Å². The normalized spacial score (nSPS) is 13.5. The SMILES string of the molecule is CC(C)CCC(O)Cc1cc(Br)cs1. The Morgan fingerprint density at radius 2 is 2.14 bits per heavy atom. The lowest BCUT2D eigenvalue weighted by Crippen LogP contribution is -2.10. The molecule has 14 heavy (non-hydrogen) atoms. The predicted molar refractivity (Wildman–Crippen MR) is 65.8 cm³/mol. The Morgan fingerprint density at radius 1 is 1.43 bits per heavy atom. The van der Waals surface area contributed by atoms with Crippen molar-refractivity contribution in [2.45, 2.75) is 39.2 Å². The third-order valence-electron chi connectivity index (χ3n) is 2.14. The smallest absolute Gasteiger partial charge is 0.0588 e. The van der Waals surface area contributed by atoms with Gasteiger partial charge in [-0.05, 0) is 40.8 Å². The van der Waals surface area contributed by atoms with Gasteiger partial charge in [-0.3, -0.25) is 0 Å². The molecule has 0 aromatic carbocycles. The first kappa shape index (κ1) is 12.2. The Hall–Kier alpha value is 0.140. The second kappa shape index (κ2) is 5.89. The van der Waals surface area contributed by atoms with Gasteiger partial charge in [0.25, 0.3) is 0 Å². The molecule has 1 unspecified atom stereocenters. The molecule has 1 N–H and O–H groups in total. The monoisotopic (exact) mass is 276 g/mol. The van der Waals surface area contributed by atoms with Gasteiger partial charge in [-0.15, -0.1) is 11.3 Å². The average Bonchev–Trinajstić information content (AvgIpc) is 2.48. The van der Waals surface area contributed by atoms with E-state index in [4.69, 9.17) is 0 Å². The van der Waals surface area contributed by atoms with Crippen LogP contribution >= 0.6 is 27.3 Å². The molecule has 0 bridgehead atoms. The molecule has 1 aromatic heterocycles. The summed E-state index contributed by atoms with van der Waals surface area (Å²) in [6, 6.07) is 2.09. The van der Waals surface area contributed by atoms with Gasteiger partial charge in [-0.25, -0.2) is 0 Å². The highest BCUT2D eigenvalue weighted by atomic mass is 79.9. The molecule has 0 aliphatic heterocycles. The molecule has 0 spiro atoms. The fraction of sp³-hybridized carbons (Fsp3) is 0.636. The molecule has 80 valence electrons. The molecule has 1 aromatic rings. The lowest BCUT2D eigenvalue weighted by atomic mass is 10.0. The van der Waals surface area contributed by atoms with E-state index in [0.717, 1.165) is 23.7 Å². The van der Waals surface area contributed by atoms with E-state index < -0.39 is 0 Å². The summed E-state index contributed by atoms with van der Waals surface area (Å²) < 4.78 is 1.12. The molecule has 0 radical (unpaired) electrons. The summed E-state index contributed by atoms with van der Waals surface area (Å²) in [4.78, 5) is 1.26. The number of hydrogen-bond donors (Lipinski definition) is 1. The van der Waals surface area contributed by atoms with Gasteiger partial charge in [0.1, 0.15) is 0 Å². The predicted octanol–water partition coefficient (Wildman–Crippen LogP) is 3.85. The maximum Gasteiger partial charge on any atom is 0.0588 e. The van der Waals surface area contributed by atoms with Crippen molar-refractivity contribution in [2.75, 3.05) is 0 Å². The van der Waals surface area contributed by atoms with E-state index in [1.165, 1.54) is 4.88 Å². The summed E-state index contributed by atoms with van der Waals surface area (Å²) in [7, 11) is 0. The summed E-state index contributed by atoms with van der Waals surface area (Å²) in [5, 5.41) is 11.8. The number of rotatable bonds is 5. The minimum Gasteiger partial charge on any atom is -0.393 e. The van der Waals surface area contributed by atoms with Crippen LogP contribution in [0.4, 0.5) is 0 Å². The zero-order valence-electron chi connectivity index (χ0n) is 8.66. The largest absolute Gasteiger partial charge is 0.393 e.